The average molecular weight is 250 g/mol. The van der Waals surface area contributed by atoms with E-state index < -0.39 is 11.8 Å². The first-order chi connectivity index (χ1) is 8.60. The first-order valence-corrected chi connectivity index (χ1v) is 5.19. The van der Waals surface area contributed by atoms with E-state index in [1.54, 1.807) is 6.07 Å². The number of rotatable bonds is 4. The molecule has 0 aliphatic heterocycles. The molecular weight excluding hydrogens is 239 g/mol. The molecule has 0 unspecified atom stereocenters. The van der Waals surface area contributed by atoms with Crippen molar-refractivity contribution in [2.24, 2.45) is 0 Å². The van der Waals surface area contributed by atoms with Crippen molar-refractivity contribution in [2.75, 3.05) is 7.11 Å². The van der Waals surface area contributed by atoms with Gasteiger partial charge in [-0.05, 0) is 17.7 Å². The van der Waals surface area contributed by atoms with Gasteiger partial charge in [-0.2, -0.15) is 0 Å². The van der Waals surface area contributed by atoms with E-state index in [4.69, 9.17) is 9.84 Å². The molecular formula is C12H11FN2O3. The fraction of sp³-hybridized carbons (Fsp3) is 0.167. The predicted octanol–water partition coefficient (Wildman–Crippen LogP) is 1.85. The van der Waals surface area contributed by atoms with Crippen LogP contribution in [0.25, 0.3) is 0 Å². The van der Waals surface area contributed by atoms with Gasteiger partial charge < -0.3 is 14.8 Å². The number of aromatic nitrogens is 2. The maximum Gasteiger partial charge on any atom is 0.353 e. The van der Waals surface area contributed by atoms with Gasteiger partial charge in [0.15, 0.2) is 11.6 Å². The highest BCUT2D eigenvalue weighted by Crippen LogP contribution is 2.19. The number of nitrogens with zero attached hydrogens (tertiary/aromatic N) is 1. The van der Waals surface area contributed by atoms with E-state index in [2.05, 4.69) is 9.97 Å². The summed E-state index contributed by atoms with van der Waals surface area (Å²) in [6, 6.07) is 4.55. The number of imidazole rings is 1. The van der Waals surface area contributed by atoms with Gasteiger partial charge in [-0.3, -0.25) is 0 Å². The molecule has 1 aromatic heterocycles. The van der Waals surface area contributed by atoms with Gasteiger partial charge >= 0.3 is 5.97 Å². The number of halogens is 1. The second-order valence-corrected chi connectivity index (χ2v) is 3.69. The summed E-state index contributed by atoms with van der Waals surface area (Å²) in [5.74, 6) is -0.893. The first kappa shape index (κ1) is 12.1. The quantitative estimate of drug-likeness (QED) is 0.868. The maximum atomic E-state index is 13.4. The van der Waals surface area contributed by atoms with Gasteiger partial charge in [0.1, 0.15) is 11.5 Å². The third-order valence-electron chi connectivity index (χ3n) is 2.45. The Bertz CT molecular complexity index is 580. The van der Waals surface area contributed by atoms with Crippen LogP contribution in [0.4, 0.5) is 4.39 Å². The Morgan fingerprint density at radius 3 is 2.89 bits per heavy atom. The van der Waals surface area contributed by atoms with Gasteiger partial charge in [0.25, 0.3) is 0 Å². The van der Waals surface area contributed by atoms with Gasteiger partial charge in [0.2, 0.25) is 0 Å². The van der Waals surface area contributed by atoms with Gasteiger partial charge in [0.05, 0.1) is 13.3 Å². The minimum Gasteiger partial charge on any atom is -0.494 e. The van der Waals surface area contributed by atoms with Crippen LogP contribution in [0.2, 0.25) is 0 Å². The smallest absolute Gasteiger partial charge is 0.353 e. The Balaban J connectivity index is 2.18. The summed E-state index contributed by atoms with van der Waals surface area (Å²) in [5, 5.41) is 8.73. The second kappa shape index (κ2) is 4.87. The van der Waals surface area contributed by atoms with Crippen LogP contribution in [-0.2, 0) is 6.42 Å². The standard InChI is InChI=1S/C12H11FN2O3/c1-18-10-3-2-7(4-8(10)13)5-11-14-6-9(15-11)12(16)17/h2-4,6H,5H2,1H3,(H,14,15)(H,16,17). The number of hydrogen-bond acceptors (Lipinski definition) is 3. The fourth-order valence-electron chi connectivity index (χ4n) is 1.57. The van der Waals surface area contributed by atoms with Crippen molar-refractivity contribution in [3.05, 3.63) is 47.3 Å². The van der Waals surface area contributed by atoms with Crippen molar-refractivity contribution >= 4 is 5.97 Å². The van der Waals surface area contributed by atoms with Crippen LogP contribution in [0.3, 0.4) is 0 Å². The molecule has 94 valence electrons. The number of ether oxygens (including phenoxy) is 1. The Kier molecular flexibility index (Phi) is 3.27. The zero-order chi connectivity index (χ0) is 13.1. The molecule has 0 atom stereocenters. The number of aromatic carboxylic acids is 1. The monoisotopic (exact) mass is 250 g/mol. The molecule has 18 heavy (non-hydrogen) atoms. The van der Waals surface area contributed by atoms with Crippen molar-refractivity contribution in [1.29, 1.82) is 0 Å². The molecule has 0 amide bonds. The summed E-state index contributed by atoms with van der Waals surface area (Å²) in [6.07, 6.45) is 1.56. The van der Waals surface area contributed by atoms with Crippen LogP contribution in [0.15, 0.2) is 24.4 Å². The lowest BCUT2D eigenvalue weighted by atomic mass is 10.1. The van der Waals surface area contributed by atoms with Crippen LogP contribution in [0.5, 0.6) is 5.75 Å². The lowest BCUT2D eigenvalue weighted by Gasteiger charge is -2.03. The van der Waals surface area contributed by atoms with Gasteiger partial charge in [-0.15, -0.1) is 0 Å². The van der Waals surface area contributed by atoms with Gasteiger partial charge in [-0.1, -0.05) is 6.07 Å². The Hall–Kier alpha value is -2.37. The minimum atomic E-state index is -1.07. The molecule has 2 N–H and O–H groups in total. The van der Waals surface area contributed by atoms with E-state index in [1.165, 1.54) is 25.4 Å². The lowest BCUT2D eigenvalue weighted by Crippen LogP contribution is -1.97. The van der Waals surface area contributed by atoms with Crippen molar-refractivity contribution in [3.63, 3.8) is 0 Å². The second-order valence-electron chi connectivity index (χ2n) is 3.69. The predicted molar refractivity (Wildman–Crippen MR) is 61.3 cm³/mol. The van der Waals surface area contributed by atoms with Crippen LogP contribution < -0.4 is 4.74 Å². The number of carboxylic acids is 1. The van der Waals surface area contributed by atoms with Gasteiger partial charge in [-0.25, -0.2) is 14.2 Å². The fourth-order valence-corrected chi connectivity index (χ4v) is 1.57. The number of carbonyl (C=O) groups is 1. The largest absolute Gasteiger partial charge is 0.494 e. The number of nitrogens with one attached hydrogen (secondary N) is 1. The first-order valence-electron chi connectivity index (χ1n) is 5.19. The zero-order valence-corrected chi connectivity index (χ0v) is 9.61. The highest BCUT2D eigenvalue weighted by Gasteiger charge is 2.09. The topological polar surface area (TPSA) is 75.2 Å². The number of carboxylic acid groups (broad SMARTS) is 1. The number of hydrogen-bond donors (Lipinski definition) is 2. The molecule has 2 aromatic rings. The molecule has 0 bridgehead atoms. The highest BCUT2D eigenvalue weighted by atomic mass is 19.1. The van der Waals surface area contributed by atoms with E-state index in [0.717, 1.165) is 0 Å². The Morgan fingerprint density at radius 2 is 2.33 bits per heavy atom. The van der Waals surface area contributed by atoms with Crippen LogP contribution in [-0.4, -0.2) is 28.2 Å². The van der Waals surface area contributed by atoms with Crippen LogP contribution in [0.1, 0.15) is 21.9 Å². The SMILES string of the molecule is COc1ccc(Cc2ncc(C(=O)O)[nH]2)cc1F. The molecule has 6 heteroatoms. The average Bonchev–Trinajstić information content (AvgIpc) is 2.78. The normalized spacial score (nSPS) is 10.3. The molecule has 0 fully saturated rings. The van der Waals surface area contributed by atoms with Crippen molar-refractivity contribution in [1.82, 2.24) is 9.97 Å². The van der Waals surface area contributed by atoms with E-state index >= 15 is 0 Å². The summed E-state index contributed by atoms with van der Waals surface area (Å²) in [7, 11) is 1.39. The van der Waals surface area contributed by atoms with E-state index in [1.807, 2.05) is 0 Å². The number of methoxy groups -OCH3 is 1. The molecule has 0 saturated heterocycles. The molecule has 0 radical (unpaired) electrons. The molecule has 2 rings (SSSR count). The van der Waals surface area contributed by atoms with Crippen LogP contribution in [0, 0.1) is 5.82 Å². The summed E-state index contributed by atoms with van der Waals surface area (Å²) in [5.41, 5.74) is 0.693. The van der Waals surface area contributed by atoms with Crippen molar-refractivity contribution in [3.8, 4) is 5.75 Å². The number of benzene rings is 1. The molecule has 0 aliphatic rings. The molecule has 1 heterocycles. The molecule has 0 saturated carbocycles. The van der Waals surface area contributed by atoms with E-state index in [0.29, 0.717) is 17.8 Å². The van der Waals surface area contributed by atoms with Crippen molar-refractivity contribution in [2.45, 2.75) is 6.42 Å². The number of H-pyrrole nitrogens is 1. The lowest BCUT2D eigenvalue weighted by molar-refractivity contribution is 0.0691. The zero-order valence-electron chi connectivity index (χ0n) is 9.61. The third-order valence-corrected chi connectivity index (χ3v) is 2.45. The molecule has 5 nitrogen and oxygen atoms in total. The minimum absolute atomic E-state index is 0.0129. The summed E-state index contributed by atoms with van der Waals surface area (Å²) < 4.78 is 18.2. The third kappa shape index (κ3) is 2.48. The highest BCUT2D eigenvalue weighted by molar-refractivity contribution is 5.85. The van der Waals surface area contributed by atoms with Crippen molar-refractivity contribution < 1.29 is 19.0 Å². The number of aromatic amines is 1. The summed E-state index contributed by atoms with van der Waals surface area (Å²) >= 11 is 0. The summed E-state index contributed by atoms with van der Waals surface area (Å²) in [4.78, 5) is 17.2. The summed E-state index contributed by atoms with van der Waals surface area (Å²) in [6.45, 7) is 0. The van der Waals surface area contributed by atoms with E-state index in [-0.39, 0.29) is 11.4 Å². The van der Waals surface area contributed by atoms with Gasteiger partial charge in [0, 0.05) is 6.42 Å². The Labute approximate surface area is 102 Å². The molecule has 0 spiro atoms. The Morgan fingerprint density at radius 1 is 1.56 bits per heavy atom. The van der Waals surface area contributed by atoms with E-state index in [9.17, 15) is 9.18 Å². The molecule has 0 aliphatic carbocycles. The maximum absolute atomic E-state index is 13.4. The van der Waals surface area contributed by atoms with Crippen LogP contribution >= 0.6 is 0 Å². The molecule has 1 aromatic carbocycles.